The lowest BCUT2D eigenvalue weighted by Crippen LogP contribution is -2.24. The van der Waals surface area contributed by atoms with Gasteiger partial charge >= 0.3 is 0 Å². The van der Waals surface area contributed by atoms with Crippen molar-refractivity contribution in [3.05, 3.63) is 63.9 Å². The fourth-order valence-corrected chi connectivity index (χ4v) is 3.79. The second-order valence-electron chi connectivity index (χ2n) is 4.51. The minimum atomic E-state index is -0.957. The summed E-state index contributed by atoms with van der Waals surface area (Å²) in [7, 11) is 0. The first kappa shape index (κ1) is 12.3. The Hall–Kier alpha value is -0.710. The van der Waals surface area contributed by atoms with E-state index >= 15 is 0 Å². The average molecular weight is 369 g/mol. The van der Waals surface area contributed by atoms with Crippen LogP contribution >= 0.6 is 31.9 Å². The first-order valence-corrected chi connectivity index (χ1v) is 7.39. The van der Waals surface area contributed by atoms with E-state index in [0.717, 1.165) is 21.2 Å². The SMILES string of the molecule is O[C@]1(c2cccc(Br)c2)C[C@@H](Br)c2ccncc21. The molecule has 1 heterocycles. The molecule has 0 spiro atoms. The van der Waals surface area contributed by atoms with Gasteiger partial charge in [-0.25, -0.2) is 0 Å². The molecular weight excluding hydrogens is 358 g/mol. The average Bonchev–Trinajstić information content (AvgIpc) is 2.64. The number of aliphatic hydroxyl groups is 1. The highest BCUT2D eigenvalue weighted by Gasteiger charge is 2.43. The van der Waals surface area contributed by atoms with Crippen molar-refractivity contribution < 1.29 is 5.11 Å². The Morgan fingerprint density at radius 1 is 1.33 bits per heavy atom. The van der Waals surface area contributed by atoms with Crippen molar-refractivity contribution in [1.29, 1.82) is 0 Å². The summed E-state index contributed by atoms with van der Waals surface area (Å²) in [5, 5.41) is 11.0. The smallest absolute Gasteiger partial charge is 0.118 e. The van der Waals surface area contributed by atoms with Crippen LogP contribution in [0.5, 0.6) is 0 Å². The molecular formula is C14H11Br2NO. The Morgan fingerprint density at radius 3 is 2.94 bits per heavy atom. The van der Waals surface area contributed by atoms with E-state index in [9.17, 15) is 5.11 Å². The van der Waals surface area contributed by atoms with E-state index in [0.29, 0.717) is 6.42 Å². The van der Waals surface area contributed by atoms with Crippen LogP contribution in [-0.4, -0.2) is 10.1 Å². The molecule has 1 aromatic carbocycles. The van der Waals surface area contributed by atoms with E-state index in [-0.39, 0.29) is 4.83 Å². The lowest BCUT2D eigenvalue weighted by atomic mass is 9.89. The molecule has 4 heteroatoms. The third-order valence-electron chi connectivity index (χ3n) is 3.41. The Balaban J connectivity index is 2.18. The number of pyridine rings is 1. The Kier molecular flexibility index (Phi) is 3.04. The lowest BCUT2D eigenvalue weighted by Gasteiger charge is -2.24. The van der Waals surface area contributed by atoms with Gasteiger partial charge in [0.05, 0.1) is 0 Å². The number of fused-ring (bicyclic) bond motifs is 1. The van der Waals surface area contributed by atoms with Crippen molar-refractivity contribution >= 4 is 31.9 Å². The number of nitrogens with zero attached hydrogens (tertiary/aromatic N) is 1. The van der Waals surface area contributed by atoms with Crippen LogP contribution in [0.4, 0.5) is 0 Å². The van der Waals surface area contributed by atoms with Gasteiger partial charge in [0.1, 0.15) is 5.60 Å². The Bertz CT molecular complexity index is 602. The zero-order valence-electron chi connectivity index (χ0n) is 9.48. The van der Waals surface area contributed by atoms with Crippen LogP contribution in [0, 0.1) is 0 Å². The molecule has 0 saturated heterocycles. The number of benzene rings is 1. The van der Waals surface area contributed by atoms with Gasteiger partial charge < -0.3 is 5.11 Å². The van der Waals surface area contributed by atoms with Crippen LogP contribution in [-0.2, 0) is 5.60 Å². The van der Waals surface area contributed by atoms with E-state index in [2.05, 4.69) is 36.8 Å². The van der Waals surface area contributed by atoms with Crippen molar-refractivity contribution in [2.45, 2.75) is 16.8 Å². The number of rotatable bonds is 1. The Morgan fingerprint density at radius 2 is 2.17 bits per heavy atom. The summed E-state index contributed by atoms with van der Waals surface area (Å²) >= 11 is 7.08. The molecule has 0 fully saturated rings. The molecule has 0 amide bonds. The zero-order chi connectivity index (χ0) is 12.8. The molecule has 1 aliphatic carbocycles. The predicted octanol–water partition coefficient (Wildman–Crippen LogP) is 3.92. The molecule has 2 atom stereocenters. The standard InChI is InChI=1S/C14H11Br2NO/c15-10-3-1-2-9(6-10)14(18)7-13(16)11-4-5-17-8-12(11)14/h1-6,8,13,18H,7H2/t13-,14+/m1/s1. The second-order valence-corrected chi connectivity index (χ2v) is 6.53. The van der Waals surface area contributed by atoms with E-state index < -0.39 is 5.60 Å². The highest BCUT2D eigenvalue weighted by atomic mass is 79.9. The topological polar surface area (TPSA) is 33.1 Å². The van der Waals surface area contributed by atoms with Crippen LogP contribution in [0.25, 0.3) is 0 Å². The monoisotopic (exact) mass is 367 g/mol. The number of aromatic nitrogens is 1. The van der Waals surface area contributed by atoms with Crippen LogP contribution in [0.3, 0.4) is 0 Å². The molecule has 0 aliphatic heterocycles. The van der Waals surface area contributed by atoms with Gasteiger partial charge in [0.25, 0.3) is 0 Å². The van der Waals surface area contributed by atoms with E-state index in [1.54, 1.807) is 12.4 Å². The van der Waals surface area contributed by atoms with Crippen LogP contribution < -0.4 is 0 Å². The second kappa shape index (κ2) is 4.44. The summed E-state index contributed by atoms with van der Waals surface area (Å²) in [5.41, 5.74) is 1.95. The molecule has 0 saturated carbocycles. The first-order chi connectivity index (χ1) is 8.61. The third kappa shape index (κ3) is 1.83. The third-order valence-corrected chi connectivity index (χ3v) is 4.72. The molecule has 2 aromatic rings. The van der Waals surface area contributed by atoms with Crippen LogP contribution in [0.1, 0.15) is 27.9 Å². The fourth-order valence-electron chi connectivity index (χ4n) is 2.52. The largest absolute Gasteiger partial charge is 0.380 e. The van der Waals surface area contributed by atoms with Gasteiger partial charge in [0.15, 0.2) is 0 Å². The molecule has 3 rings (SSSR count). The summed E-state index contributed by atoms with van der Waals surface area (Å²) in [4.78, 5) is 4.31. The molecule has 1 aliphatic rings. The molecule has 1 N–H and O–H groups in total. The zero-order valence-corrected chi connectivity index (χ0v) is 12.6. The van der Waals surface area contributed by atoms with Gasteiger partial charge in [0.2, 0.25) is 0 Å². The number of hydrogen-bond acceptors (Lipinski definition) is 2. The molecule has 18 heavy (non-hydrogen) atoms. The van der Waals surface area contributed by atoms with Crippen molar-refractivity contribution in [3.63, 3.8) is 0 Å². The van der Waals surface area contributed by atoms with Gasteiger partial charge in [0, 0.05) is 33.7 Å². The summed E-state index contributed by atoms with van der Waals surface area (Å²) in [5.74, 6) is 0. The number of halogens is 2. The van der Waals surface area contributed by atoms with Gasteiger partial charge in [-0.1, -0.05) is 44.0 Å². The maximum Gasteiger partial charge on any atom is 0.118 e. The van der Waals surface area contributed by atoms with Crippen molar-refractivity contribution in [2.75, 3.05) is 0 Å². The molecule has 2 nitrogen and oxygen atoms in total. The van der Waals surface area contributed by atoms with Crippen molar-refractivity contribution in [1.82, 2.24) is 4.98 Å². The minimum absolute atomic E-state index is 0.166. The van der Waals surface area contributed by atoms with Gasteiger partial charge in [-0.2, -0.15) is 0 Å². The van der Waals surface area contributed by atoms with Crippen molar-refractivity contribution in [3.8, 4) is 0 Å². The van der Waals surface area contributed by atoms with Crippen LogP contribution in [0.15, 0.2) is 47.2 Å². The molecule has 0 radical (unpaired) electrons. The summed E-state index contributed by atoms with van der Waals surface area (Å²) in [6, 6.07) is 9.77. The van der Waals surface area contributed by atoms with E-state index in [1.165, 1.54) is 0 Å². The van der Waals surface area contributed by atoms with Gasteiger partial charge in [-0.3, -0.25) is 4.98 Å². The molecule has 0 unspecified atom stereocenters. The number of alkyl halides is 1. The summed E-state index contributed by atoms with van der Waals surface area (Å²) in [6.07, 6.45) is 4.15. The molecule has 1 aromatic heterocycles. The molecule has 0 bridgehead atoms. The predicted molar refractivity (Wildman–Crippen MR) is 77.7 cm³/mol. The minimum Gasteiger partial charge on any atom is -0.380 e. The maximum atomic E-state index is 11.0. The van der Waals surface area contributed by atoms with E-state index in [1.807, 2.05) is 30.3 Å². The maximum absolute atomic E-state index is 11.0. The highest BCUT2D eigenvalue weighted by Crippen LogP contribution is 2.50. The molecule has 92 valence electrons. The first-order valence-electron chi connectivity index (χ1n) is 5.68. The van der Waals surface area contributed by atoms with Gasteiger partial charge in [-0.05, 0) is 29.3 Å². The van der Waals surface area contributed by atoms with Crippen LogP contribution in [0.2, 0.25) is 0 Å². The highest BCUT2D eigenvalue weighted by molar-refractivity contribution is 9.10. The van der Waals surface area contributed by atoms with E-state index in [4.69, 9.17) is 0 Å². The number of hydrogen-bond donors (Lipinski definition) is 1. The fraction of sp³-hybridized carbons (Fsp3) is 0.214. The Labute approximate surface area is 122 Å². The lowest BCUT2D eigenvalue weighted by molar-refractivity contribution is 0.0824. The summed E-state index contributed by atoms with van der Waals surface area (Å²) in [6.45, 7) is 0. The van der Waals surface area contributed by atoms with Gasteiger partial charge in [-0.15, -0.1) is 0 Å². The van der Waals surface area contributed by atoms with Crippen molar-refractivity contribution in [2.24, 2.45) is 0 Å². The quantitative estimate of drug-likeness (QED) is 0.774. The normalized spacial score (nSPS) is 26.1. The summed E-state index contributed by atoms with van der Waals surface area (Å²) < 4.78 is 0.969.